The van der Waals surface area contributed by atoms with E-state index >= 15 is 0 Å². The zero-order chi connectivity index (χ0) is 19.5. The van der Waals surface area contributed by atoms with Gasteiger partial charge in [-0.2, -0.15) is 0 Å². The molecule has 0 saturated carbocycles. The van der Waals surface area contributed by atoms with Gasteiger partial charge in [-0.1, -0.05) is 11.6 Å². The van der Waals surface area contributed by atoms with E-state index in [1.807, 2.05) is 0 Å². The van der Waals surface area contributed by atoms with Gasteiger partial charge in [0.25, 0.3) is 5.91 Å². The Balaban J connectivity index is 2.17. The molecule has 0 fully saturated rings. The number of Topliss-reactive ketones (excluding diaryl/α,β-unsaturated/α-hetero) is 1. The number of pyridine rings is 1. The molecule has 0 aliphatic heterocycles. The van der Waals surface area contributed by atoms with Gasteiger partial charge in [-0.15, -0.1) is 0 Å². The monoisotopic (exact) mass is 378 g/mol. The standard InChI is InChI=1S/C19H20ClFN2O3/c1-19(2,3)23-18(26)17-16(21)11(6-7-22-17)9-14(24)10-12-8-13(20)4-5-15(12)25/h4-8,25H,9-10H2,1-3H3,(H,23,26). The second kappa shape index (κ2) is 7.83. The first kappa shape index (κ1) is 19.8. The minimum Gasteiger partial charge on any atom is -0.508 e. The van der Waals surface area contributed by atoms with E-state index in [0.717, 1.165) is 0 Å². The first-order chi connectivity index (χ1) is 12.1. The lowest BCUT2D eigenvalue weighted by atomic mass is 10.0. The Morgan fingerprint density at radius 2 is 1.85 bits per heavy atom. The second-order valence-corrected chi connectivity index (χ2v) is 7.44. The summed E-state index contributed by atoms with van der Waals surface area (Å²) in [7, 11) is 0. The number of amides is 1. The van der Waals surface area contributed by atoms with Crippen molar-refractivity contribution in [2.45, 2.75) is 39.2 Å². The van der Waals surface area contributed by atoms with Gasteiger partial charge < -0.3 is 10.4 Å². The predicted octanol–water partition coefficient (Wildman–Crippen LogP) is 3.46. The molecule has 0 aliphatic rings. The zero-order valence-electron chi connectivity index (χ0n) is 14.8. The molecule has 26 heavy (non-hydrogen) atoms. The average Bonchev–Trinajstić information content (AvgIpc) is 2.51. The number of benzene rings is 1. The fourth-order valence-electron chi connectivity index (χ4n) is 2.36. The second-order valence-electron chi connectivity index (χ2n) is 7.00. The lowest BCUT2D eigenvalue weighted by Gasteiger charge is -2.20. The van der Waals surface area contributed by atoms with E-state index in [-0.39, 0.29) is 35.6 Å². The number of carbonyl (C=O) groups excluding carboxylic acids is 2. The number of phenols is 1. The van der Waals surface area contributed by atoms with E-state index in [1.165, 1.54) is 30.5 Å². The summed E-state index contributed by atoms with van der Waals surface area (Å²) in [4.78, 5) is 28.2. The lowest BCUT2D eigenvalue weighted by molar-refractivity contribution is -0.117. The first-order valence-electron chi connectivity index (χ1n) is 8.02. The molecule has 0 atom stereocenters. The number of nitrogens with one attached hydrogen (secondary N) is 1. The third-order valence-corrected chi connectivity index (χ3v) is 3.72. The molecule has 138 valence electrons. The Morgan fingerprint density at radius 1 is 1.19 bits per heavy atom. The van der Waals surface area contributed by atoms with Crippen LogP contribution in [0.2, 0.25) is 5.02 Å². The van der Waals surface area contributed by atoms with E-state index < -0.39 is 17.3 Å². The maximum atomic E-state index is 14.6. The smallest absolute Gasteiger partial charge is 0.273 e. The Hall–Kier alpha value is -2.47. The summed E-state index contributed by atoms with van der Waals surface area (Å²) in [6, 6.07) is 5.75. The third-order valence-electron chi connectivity index (χ3n) is 3.49. The van der Waals surface area contributed by atoms with Crippen LogP contribution in [-0.2, 0) is 17.6 Å². The molecule has 0 bridgehead atoms. The van der Waals surface area contributed by atoms with Crippen molar-refractivity contribution in [1.29, 1.82) is 0 Å². The highest BCUT2D eigenvalue weighted by atomic mass is 35.5. The fourth-order valence-corrected chi connectivity index (χ4v) is 2.56. The highest BCUT2D eigenvalue weighted by Crippen LogP contribution is 2.23. The number of halogens is 2. The van der Waals surface area contributed by atoms with Gasteiger partial charge in [0.05, 0.1) is 0 Å². The first-order valence-corrected chi connectivity index (χ1v) is 8.39. The van der Waals surface area contributed by atoms with Gasteiger partial charge >= 0.3 is 0 Å². The van der Waals surface area contributed by atoms with E-state index in [2.05, 4.69) is 10.3 Å². The normalized spacial score (nSPS) is 11.3. The molecule has 1 heterocycles. The largest absolute Gasteiger partial charge is 0.508 e. The summed E-state index contributed by atoms with van der Waals surface area (Å²) < 4.78 is 14.6. The number of aromatic nitrogens is 1. The van der Waals surface area contributed by atoms with Crippen molar-refractivity contribution in [3.8, 4) is 5.75 Å². The Kier molecular flexibility index (Phi) is 5.97. The van der Waals surface area contributed by atoms with Gasteiger partial charge in [0.15, 0.2) is 11.5 Å². The number of hydrogen-bond donors (Lipinski definition) is 2. The maximum Gasteiger partial charge on any atom is 0.273 e. The van der Waals surface area contributed by atoms with Crippen LogP contribution in [-0.4, -0.2) is 27.3 Å². The van der Waals surface area contributed by atoms with Crippen LogP contribution < -0.4 is 5.32 Å². The SMILES string of the molecule is CC(C)(C)NC(=O)c1nccc(CC(=O)Cc2cc(Cl)ccc2O)c1F. The van der Waals surface area contributed by atoms with Crippen LogP contribution in [0.15, 0.2) is 30.5 Å². The molecule has 1 aromatic carbocycles. The molecule has 0 spiro atoms. The van der Waals surface area contributed by atoms with Gasteiger partial charge in [0, 0.05) is 35.2 Å². The van der Waals surface area contributed by atoms with Crippen LogP contribution in [0.3, 0.4) is 0 Å². The summed E-state index contributed by atoms with van der Waals surface area (Å²) in [6.45, 7) is 5.31. The zero-order valence-corrected chi connectivity index (χ0v) is 15.5. The molecule has 1 aromatic heterocycles. The van der Waals surface area contributed by atoms with Crippen molar-refractivity contribution in [3.05, 3.63) is 58.1 Å². The van der Waals surface area contributed by atoms with E-state index in [0.29, 0.717) is 10.6 Å². The van der Waals surface area contributed by atoms with Crippen LogP contribution in [0, 0.1) is 5.82 Å². The number of ketones is 1. The molecule has 5 nitrogen and oxygen atoms in total. The molecule has 0 aliphatic carbocycles. The minimum absolute atomic E-state index is 0.0526. The van der Waals surface area contributed by atoms with Crippen molar-refractivity contribution in [2.75, 3.05) is 0 Å². The fraction of sp³-hybridized carbons (Fsp3) is 0.316. The van der Waals surface area contributed by atoms with Gasteiger partial charge in [-0.25, -0.2) is 9.37 Å². The van der Waals surface area contributed by atoms with Crippen molar-refractivity contribution < 1.29 is 19.1 Å². The quantitative estimate of drug-likeness (QED) is 0.835. The third kappa shape index (κ3) is 5.26. The molecule has 0 radical (unpaired) electrons. The molecule has 0 saturated heterocycles. The molecular weight excluding hydrogens is 359 g/mol. The van der Waals surface area contributed by atoms with Crippen molar-refractivity contribution >= 4 is 23.3 Å². The van der Waals surface area contributed by atoms with E-state index in [4.69, 9.17) is 11.6 Å². The number of phenolic OH excluding ortho intramolecular Hbond substituents is 1. The Morgan fingerprint density at radius 3 is 2.50 bits per heavy atom. The number of hydrogen-bond acceptors (Lipinski definition) is 4. The van der Waals surface area contributed by atoms with E-state index in [9.17, 15) is 19.1 Å². The highest BCUT2D eigenvalue weighted by Gasteiger charge is 2.22. The van der Waals surface area contributed by atoms with Crippen molar-refractivity contribution in [3.63, 3.8) is 0 Å². The molecule has 2 aromatic rings. The summed E-state index contributed by atoms with van der Waals surface area (Å²) >= 11 is 5.86. The Bertz CT molecular complexity index is 847. The molecular formula is C19H20ClFN2O3. The van der Waals surface area contributed by atoms with Crippen LogP contribution in [0.1, 0.15) is 42.4 Å². The highest BCUT2D eigenvalue weighted by molar-refractivity contribution is 6.30. The van der Waals surface area contributed by atoms with E-state index in [1.54, 1.807) is 20.8 Å². The number of nitrogens with zero attached hydrogens (tertiary/aromatic N) is 1. The van der Waals surface area contributed by atoms with Crippen LogP contribution in [0.5, 0.6) is 5.75 Å². The molecule has 7 heteroatoms. The summed E-state index contributed by atoms with van der Waals surface area (Å²) in [5.74, 6) is -1.84. The lowest BCUT2D eigenvalue weighted by Crippen LogP contribution is -2.41. The van der Waals surface area contributed by atoms with Crippen molar-refractivity contribution in [2.24, 2.45) is 0 Å². The number of rotatable bonds is 5. The van der Waals surface area contributed by atoms with Gasteiger partial charge in [-0.05, 0) is 50.6 Å². The maximum absolute atomic E-state index is 14.6. The molecule has 0 unspecified atom stereocenters. The predicted molar refractivity (Wildman–Crippen MR) is 96.9 cm³/mol. The molecule has 2 N–H and O–H groups in total. The number of aromatic hydroxyl groups is 1. The van der Waals surface area contributed by atoms with Crippen LogP contribution >= 0.6 is 11.6 Å². The summed E-state index contributed by atoms with van der Waals surface area (Å²) in [5.41, 5.74) is -0.453. The number of carbonyl (C=O) groups is 2. The minimum atomic E-state index is -0.821. The Labute approximate surface area is 156 Å². The van der Waals surface area contributed by atoms with Gasteiger partial charge in [0.1, 0.15) is 11.5 Å². The summed E-state index contributed by atoms with van der Waals surface area (Å²) in [5, 5.41) is 12.8. The van der Waals surface area contributed by atoms with Gasteiger partial charge in [0.2, 0.25) is 0 Å². The van der Waals surface area contributed by atoms with Crippen LogP contribution in [0.4, 0.5) is 4.39 Å². The molecule has 1 amide bonds. The topological polar surface area (TPSA) is 79.3 Å². The summed E-state index contributed by atoms with van der Waals surface area (Å²) in [6.07, 6.45) is 0.966. The van der Waals surface area contributed by atoms with Gasteiger partial charge in [-0.3, -0.25) is 9.59 Å². The van der Waals surface area contributed by atoms with Crippen LogP contribution in [0.25, 0.3) is 0 Å². The van der Waals surface area contributed by atoms with Crippen molar-refractivity contribution in [1.82, 2.24) is 10.3 Å². The average molecular weight is 379 g/mol. The molecule has 2 rings (SSSR count).